The van der Waals surface area contributed by atoms with Crippen LogP contribution in [0.5, 0.6) is 0 Å². The summed E-state index contributed by atoms with van der Waals surface area (Å²) >= 11 is 0. The van der Waals surface area contributed by atoms with Crippen LogP contribution in [0.4, 0.5) is 5.82 Å². The van der Waals surface area contributed by atoms with E-state index < -0.39 is 42.7 Å². The Bertz CT molecular complexity index is 825. The fourth-order valence-corrected chi connectivity index (χ4v) is 2.80. The van der Waals surface area contributed by atoms with Crippen LogP contribution in [0.25, 0.3) is 0 Å². The second kappa shape index (κ2) is 7.75. The molecule has 3 rings (SSSR count). The molecule has 0 aliphatic carbocycles. The minimum Gasteiger partial charge on any atom is -0.394 e. The Hall–Kier alpha value is -2.59. The van der Waals surface area contributed by atoms with E-state index in [0.717, 1.165) is 4.57 Å². The van der Waals surface area contributed by atoms with E-state index in [1.54, 1.807) is 30.3 Å². The van der Waals surface area contributed by atoms with Gasteiger partial charge in [0.25, 0.3) is 5.91 Å². The van der Waals surface area contributed by atoms with Crippen molar-refractivity contribution in [3.05, 3.63) is 58.6 Å². The van der Waals surface area contributed by atoms with Crippen molar-refractivity contribution in [2.24, 2.45) is 0 Å². The Balaban J connectivity index is 1.80. The number of ether oxygens (including phenoxy) is 2. The molecule has 4 atom stereocenters. The van der Waals surface area contributed by atoms with Crippen LogP contribution in [0.3, 0.4) is 0 Å². The third-order valence-electron chi connectivity index (χ3n) is 4.15. The number of anilines is 1. The van der Waals surface area contributed by atoms with Crippen LogP contribution < -0.4 is 11.0 Å². The first kappa shape index (κ1) is 18.2. The average molecular weight is 361 g/mol. The number of carbonyl (C=O) groups excluding carboxylic acids is 1. The zero-order valence-electron chi connectivity index (χ0n) is 14.0. The second-order valence-corrected chi connectivity index (χ2v) is 5.76. The molecule has 1 aliphatic heterocycles. The van der Waals surface area contributed by atoms with Gasteiger partial charge in [0.15, 0.2) is 6.23 Å². The molecule has 1 aromatic heterocycles. The van der Waals surface area contributed by atoms with Crippen molar-refractivity contribution in [3.8, 4) is 0 Å². The number of benzene rings is 1. The monoisotopic (exact) mass is 361 g/mol. The summed E-state index contributed by atoms with van der Waals surface area (Å²) < 4.78 is 11.8. The molecule has 3 N–H and O–H groups in total. The number of carbonyl (C=O) groups is 1. The Morgan fingerprint density at radius 2 is 2.08 bits per heavy atom. The van der Waals surface area contributed by atoms with E-state index >= 15 is 0 Å². The molecule has 26 heavy (non-hydrogen) atoms. The molecule has 1 fully saturated rings. The van der Waals surface area contributed by atoms with Gasteiger partial charge in [0.1, 0.15) is 24.1 Å². The molecule has 0 saturated carbocycles. The summed E-state index contributed by atoms with van der Waals surface area (Å²) in [6, 6.07) is 9.97. The number of aromatic nitrogens is 2. The van der Waals surface area contributed by atoms with Crippen molar-refractivity contribution in [1.29, 1.82) is 0 Å². The number of nitrogens with zero attached hydrogens (tertiary/aromatic N) is 2. The lowest BCUT2D eigenvalue weighted by Gasteiger charge is -2.20. The highest BCUT2D eigenvalue weighted by molar-refractivity contribution is 6.03. The topological polar surface area (TPSA) is 123 Å². The zero-order valence-corrected chi connectivity index (χ0v) is 14.0. The molecular formula is C17H19N3O6. The molecule has 9 heteroatoms. The number of hydrogen-bond donors (Lipinski definition) is 3. The molecule has 0 spiro atoms. The largest absolute Gasteiger partial charge is 0.394 e. The molecule has 1 saturated heterocycles. The van der Waals surface area contributed by atoms with Gasteiger partial charge in [-0.15, -0.1) is 0 Å². The van der Waals surface area contributed by atoms with E-state index in [0.29, 0.717) is 5.56 Å². The summed E-state index contributed by atoms with van der Waals surface area (Å²) in [5.74, 6) is -0.302. The number of nitrogens with one attached hydrogen (secondary N) is 1. The highest BCUT2D eigenvalue weighted by Gasteiger charge is 2.45. The van der Waals surface area contributed by atoms with Gasteiger partial charge in [0.2, 0.25) is 0 Å². The Kier molecular flexibility index (Phi) is 5.43. The van der Waals surface area contributed by atoms with Crippen molar-refractivity contribution in [3.63, 3.8) is 0 Å². The van der Waals surface area contributed by atoms with Crippen LogP contribution in [0, 0.1) is 0 Å². The smallest absolute Gasteiger partial charge is 0.351 e. The number of aliphatic hydroxyl groups excluding tert-OH is 2. The van der Waals surface area contributed by atoms with Crippen LogP contribution in [0.2, 0.25) is 0 Å². The van der Waals surface area contributed by atoms with Crippen molar-refractivity contribution < 1.29 is 24.5 Å². The molecule has 1 aliphatic rings. The van der Waals surface area contributed by atoms with E-state index in [4.69, 9.17) is 9.47 Å². The molecule has 138 valence electrons. The maximum atomic E-state index is 12.3. The van der Waals surface area contributed by atoms with Crippen molar-refractivity contribution in [2.45, 2.75) is 24.5 Å². The molecule has 2 aromatic rings. The van der Waals surface area contributed by atoms with E-state index in [1.807, 2.05) is 0 Å². The third-order valence-corrected chi connectivity index (χ3v) is 4.15. The van der Waals surface area contributed by atoms with Crippen molar-refractivity contribution >= 4 is 11.7 Å². The summed E-state index contributed by atoms with van der Waals surface area (Å²) in [6.07, 6.45) is -2.34. The summed E-state index contributed by atoms with van der Waals surface area (Å²) in [5.41, 5.74) is -0.250. The molecule has 2 unspecified atom stereocenters. The Labute approximate surface area is 148 Å². The molecule has 1 amide bonds. The zero-order chi connectivity index (χ0) is 18.7. The highest BCUT2D eigenvalue weighted by atomic mass is 16.6. The predicted molar refractivity (Wildman–Crippen MR) is 90.7 cm³/mol. The number of methoxy groups -OCH3 is 1. The molecule has 1 aromatic carbocycles. The normalized spacial score (nSPS) is 25.2. The van der Waals surface area contributed by atoms with E-state index in [-0.39, 0.29) is 5.82 Å². The van der Waals surface area contributed by atoms with Gasteiger partial charge in [-0.3, -0.25) is 9.36 Å². The molecule has 2 heterocycles. The summed E-state index contributed by atoms with van der Waals surface area (Å²) in [6.45, 7) is -0.412. The van der Waals surface area contributed by atoms with Gasteiger partial charge in [0, 0.05) is 18.9 Å². The summed E-state index contributed by atoms with van der Waals surface area (Å²) in [5, 5.41) is 21.9. The maximum Gasteiger partial charge on any atom is 0.351 e. The molecular weight excluding hydrogens is 342 g/mol. The first-order valence-corrected chi connectivity index (χ1v) is 7.98. The van der Waals surface area contributed by atoms with E-state index in [9.17, 15) is 19.8 Å². The van der Waals surface area contributed by atoms with Crippen LogP contribution in [-0.2, 0) is 9.47 Å². The highest BCUT2D eigenvalue weighted by Crippen LogP contribution is 2.30. The maximum absolute atomic E-state index is 12.3. The SMILES string of the molecule is COC1C(O)[C@@H](CO)O[C@H]1n1ccc(NC(=O)c2ccccc2)nc1=O. The molecule has 9 nitrogen and oxygen atoms in total. The number of hydrogen-bond acceptors (Lipinski definition) is 7. The van der Waals surface area contributed by atoms with Gasteiger partial charge in [0.05, 0.1) is 6.61 Å². The molecule has 0 bridgehead atoms. The van der Waals surface area contributed by atoms with Gasteiger partial charge >= 0.3 is 5.69 Å². The fourth-order valence-electron chi connectivity index (χ4n) is 2.80. The summed E-state index contributed by atoms with van der Waals surface area (Å²) in [7, 11) is 1.37. The lowest BCUT2D eigenvalue weighted by Crippen LogP contribution is -2.37. The van der Waals surface area contributed by atoms with Crippen molar-refractivity contribution in [2.75, 3.05) is 19.0 Å². The first-order valence-electron chi connectivity index (χ1n) is 7.98. The van der Waals surface area contributed by atoms with Gasteiger partial charge in [-0.2, -0.15) is 4.98 Å². The lowest BCUT2D eigenvalue weighted by molar-refractivity contribution is -0.0624. The Morgan fingerprint density at radius 3 is 2.69 bits per heavy atom. The molecule has 0 radical (unpaired) electrons. The number of rotatable bonds is 5. The first-order chi connectivity index (χ1) is 12.5. The van der Waals surface area contributed by atoms with E-state index in [2.05, 4.69) is 10.3 Å². The lowest BCUT2D eigenvalue weighted by atomic mass is 10.1. The van der Waals surface area contributed by atoms with Crippen LogP contribution >= 0.6 is 0 Å². The number of aliphatic hydroxyl groups is 2. The van der Waals surface area contributed by atoms with Gasteiger partial charge in [-0.05, 0) is 18.2 Å². The quantitative estimate of drug-likeness (QED) is 0.672. The van der Waals surface area contributed by atoms with Gasteiger partial charge < -0.3 is 25.0 Å². The third kappa shape index (κ3) is 3.51. The second-order valence-electron chi connectivity index (χ2n) is 5.76. The van der Waals surface area contributed by atoms with Crippen LogP contribution in [0.15, 0.2) is 47.4 Å². The average Bonchev–Trinajstić information content (AvgIpc) is 2.98. The van der Waals surface area contributed by atoms with Crippen LogP contribution in [0.1, 0.15) is 16.6 Å². The predicted octanol–water partition coefficient (Wildman–Crippen LogP) is -0.239. The summed E-state index contributed by atoms with van der Waals surface area (Å²) in [4.78, 5) is 28.3. The minimum absolute atomic E-state index is 0.0892. The minimum atomic E-state index is -1.08. The fraction of sp³-hybridized carbons (Fsp3) is 0.353. The van der Waals surface area contributed by atoms with Crippen molar-refractivity contribution in [1.82, 2.24) is 9.55 Å². The Morgan fingerprint density at radius 1 is 1.35 bits per heavy atom. The van der Waals surface area contributed by atoms with Gasteiger partial charge in [-0.1, -0.05) is 18.2 Å². The standard InChI is InChI=1S/C17H19N3O6/c1-25-14-13(22)11(9-21)26-16(14)20-8-7-12(19-17(20)24)18-15(23)10-5-3-2-4-6-10/h2-8,11,13-14,16,21-22H,9H2,1H3,(H,18,19,23,24)/t11-,13?,14?,16-/m1/s1. The number of amides is 1. The van der Waals surface area contributed by atoms with Crippen LogP contribution in [-0.4, -0.2) is 57.7 Å². The van der Waals surface area contributed by atoms with E-state index in [1.165, 1.54) is 19.4 Å². The van der Waals surface area contributed by atoms with Gasteiger partial charge in [-0.25, -0.2) is 4.79 Å².